The van der Waals surface area contributed by atoms with Crippen molar-refractivity contribution in [3.8, 4) is 0 Å². The molecule has 0 aromatic carbocycles. The molecule has 0 radical (unpaired) electrons. The minimum absolute atomic E-state index is 0.592. The summed E-state index contributed by atoms with van der Waals surface area (Å²) in [5, 5.41) is 165. The summed E-state index contributed by atoms with van der Waals surface area (Å²) in [5.41, 5.74) is -4.07. The minimum Gasteiger partial charge on any atom is -0.394 e. The van der Waals surface area contributed by atoms with Gasteiger partial charge in [-0.3, -0.25) is 0 Å². The van der Waals surface area contributed by atoms with Crippen molar-refractivity contribution < 1.29 is 115 Å². The lowest BCUT2D eigenvalue weighted by Gasteiger charge is -2.49. The summed E-state index contributed by atoms with van der Waals surface area (Å²) in [6, 6.07) is 0. The van der Waals surface area contributed by atoms with Crippen molar-refractivity contribution in [3.63, 3.8) is 0 Å². The Morgan fingerprint density at radius 3 is 1.18 bits per heavy atom. The second-order valence-corrected chi connectivity index (χ2v) is 17.0. The van der Waals surface area contributed by atoms with Crippen LogP contribution in [0.15, 0.2) is 0 Å². The zero-order valence-corrected chi connectivity index (χ0v) is 31.8. The number of ether oxygens (including phenoxy) is 7. The highest BCUT2D eigenvalue weighted by atomic mass is 32.2. The molecule has 0 amide bonds. The Bertz CT molecular complexity index is 1210. The molecule has 0 aromatic rings. The second kappa shape index (κ2) is 20.3. The van der Waals surface area contributed by atoms with Gasteiger partial charge in [-0.05, 0) is 0 Å². The minimum atomic E-state index is -1.94. The zero-order valence-electron chi connectivity index (χ0n) is 29.2. The van der Waals surface area contributed by atoms with E-state index in [0.717, 1.165) is 0 Å². The maximum atomic E-state index is 11.2. The quantitative estimate of drug-likeness (QED) is 0.0764. The molecule has 0 aliphatic carbocycles. The molecule has 0 bridgehead atoms. The zero-order chi connectivity index (χ0) is 41.3. The maximum absolute atomic E-state index is 11.2. The van der Waals surface area contributed by atoms with Gasteiger partial charge in [-0.2, -0.15) is 0 Å². The van der Waals surface area contributed by atoms with Gasteiger partial charge in [0.15, 0.2) is 12.6 Å². The lowest BCUT2D eigenvalue weighted by atomic mass is 9.98. The topological polar surface area (TPSA) is 388 Å². The molecule has 328 valence electrons. The molecule has 0 spiro atoms. The number of rotatable bonds is 13. The predicted octanol–water partition coefficient (Wildman–Crippen LogP) is -9.55. The number of hydrogen-bond acceptors (Lipinski definition) is 26. The molecule has 5 aliphatic heterocycles. The Labute approximate surface area is 332 Å². The van der Waals surface area contributed by atoms with Crippen LogP contribution in [0.1, 0.15) is 0 Å². The molecule has 23 nitrogen and oxygen atoms in total. The van der Waals surface area contributed by atoms with Gasteiger partial charge in [-0.1, -0.05) is 0 Å². The molecule has 5 rings (SSSR count). The normalized spacial score (nSPS) is 53.2. The number of hydrogen-bond donors (Lipinski definition) is 17. The predicted molar refractivity (Wildman–Crippen MR) is 186 cm³/mol. The average Bonchev–Trinajstić information content (AvgIpc) is 3.19. The van der Waals surface area contributed by atoms with Crippen molar-refractivity contribution in [1.29, 1.82) is 0 Å². The summed E-state index contributed by atoms with van der Waals surface area (Å²) < 4.78 is 39.3. The van der Waals surface area contributed by atoms with Gasteiger partial charge in [0.05, 0.1) is 68.0 Å². The lowest BCUT2D eigenvalue weighted by molar-refractivity contribution is -0.322. The van der Waals surface area contributed by atoms with Gasteiger partial charge in [-0.25, -0.2) is 0 Å². The van der Waals surface area contributed by atoms with E-state index >= 15 is 0 Å². The Hall–Kier alpha value is 0.130. The van der Waals surface area contributed by atoms with E-state index in [-0.39, 0.29) is 0 Å². The lowest BCUT2D eigenvalue weighted by Crippen LogP contribution is -2.65. The SMILES string of the molecule is OC[C@H]1O[C@@H](S[C@H]2[C@H](O)[C@@H](O)[C@H](O[C@H]3[C@H](O)[C@@H](O)[C@H](S[C@H]4[C@H](O)[C@@H](O)[C@H](O[C@H]5[C@H](O)[C@@H](O)[C@H](S)O[C@@H]5CO)O[C@@H]4CO)O[C@@H]3CO)O[C@@H]2CO)[C@H](O)[C@@H](O)[C@@H]1O. The van der Waals surface area contributed by atoms with E-state index < -0.39 is 182 Å². The Kier molecular flexibility index (Phi) is 17.1. The van der Waals surface area contributed by atoms with Crippen LogP contribution in [0.5, 0.6) is 0 Å². The van der Waals surface area contributed by atoms with Crippen molar-refractivity contribution in [1.82, 2.24) is 0 Å². The fourth-order valence-electron chi connectivity index (χ4n) is 7.03. The second-order valence-electron chi connectivity index (χ2n) is 13.9. The van der Waals surface area contributed by atoms with E-state index in [2.05, 4.69) is 12.6 Å². The summed E-state index contributed by atoms with van der Waals surface area (Å²) in [5.74, 6) is 0. The third kappa shape index (κ3) is 9.60. The fourth-order valence-corrected chi connectivity index (χ4v) is 10.3. The fraction of sp³-hybridized carbons (Fsp3) is 1.00. The van der Waals surface area contributed by atoms with Crippen LogP contribution in [0.4, 0.5) is 0 Å². The van der Waals surface area contributed by atoms with Gasteiger partial charge in [0.1, 0.15) is 102 Å². The molecule has 5 heterocycles. The largest absolute Gasteiger partial charge is 0.394 e. The first-order chi connectivity index (χ1) is 26.5. The van der Waals surface area contributed by atoms with Crippen molar-refractivity contribution in [2.45, 2.75) is 149 Å². The molecule has 25 atom stereocenters. The van der Waals surface area contributed by atoms with E-state index in [9.17, 15) is 81.7 Å². The van der Waals surface area contributed by atoms with Crippen LogP contribution in [0.3, 0.4) is 0 Å². The smallest absolute Gasteiger partial charge is 0.187 e. The summed E-state index contributed by atoms with van der Waals surface area (Å²) in [4.78, 5) is 0. The van der Waals surface area contributed by atoms with E-state index in [1.807, 2.05) is 0 Å². The average molecular weight is 877 g/mol. The highest BCUT2D eigenvalue weighted by molar-refractivity contribution is 8.00. The standard InChI is InChI=1S/C30H52O23S3/c31-1-6-11(36)12(37)20(45)29(50-6)55-24-9(4-34)48-27(18(43)15(24)40)53-23-8(3-33)51-30(21(46)14(23)39)56-25-10(5-35)47-26(17(42)16(25)41)52-22-7(2-32)49-28(54)19(44)13(22)38/h6-46,54H,1-5H2/t6-,7-,8-,9-,10-,11-,12+,13-,14-,15-,16-,17-,18-,19-,20-,21-,22-,23-,24-,25-,26+,27+,28+,29+,30+/m1/s1. The van der Waals surface area contributed by atoms with Crippen molar-refractivity contribution in [2.24, 2.45) is 0 Å². The highest BCUT2D eigenvalue weighted by Crippen LogP contribution is 2.42. The Morgan fingerprint density at radius 1 is 0.375 bits per heavy atom. The van der Waals surface area contributed by atoms with Crippen LogP contribution in [-0.2, 0) is 33.2 Å². The van der Waals surface area contributed by atoms with Crippen molar-refractivity contribution >= 4 is 36.2 Å². The first-order valence-electron chi connectivity index (χ1n) is 17.6. The molecule has 26 heteroatoms. The Balaban J connectivity index is 1.22. The van der Waals surface area contributed by atoms with Crippen LogP contribution in [0.2, 0.25) is 0 Å². The molecule has 56 heavy (non-hydrogen) atoms. The van der Waals surface area contributed by atoms with Crippen LogP contribution in [0.25, 0.3) is 0 Å². The molecular weight excluding hydrogens is 825 g/mol. The van der Waals surface area contributed by atoms with Gasteiger partial charge in [0.2, 0.25) is 0 Å². The molecule has 16 N–H and O–H groups in total. The number of thiol groups is 1. The summed E-state index contributed by atoms with van der Waals surface area (Å²) in [6.45, 7) is -3.92. The van der Waals surface area contributed by atoms with Crippen LogP contribution >= 0.6 is 36.2 Å². The highest BCUT2D eigenvalue weighted by Gasteiger charge is 2.56. The molecule has 0 unspecified atom stereocenters. The van der Waals surface area contributed by atoms with Gasteiger partial charge < -0.3 is 115 Å². The summed E-state index contributed by atoms with van der Waals surface area (Å²) >= 11 is 5.21. The van der Waals surface area contributed by atoms with E-state index in [4.69, 9.17) is 33.2 Å². The molecule has 0 saturated carbocycles. The van der Waals surface area contributed by atoms with Gasteiger partial charge in [-0.15, -0.1) is 36.2 Å². The van der Waals surface area contributed by atoms with Crippen molar-refractivity contribution in [3.05, 3.63) is 0 Å². The molecule has 5 saturated heterocycles. The first kappa shape index (κ1) is 47.2. The monoisotopic (exact) mass is 876 g/mol. The van der Waals surface area contributed by atoms with Crippen LogP contribution in [0, 0.1) is 0 Å². The number of thioether (sulfide) groups is 2. The third-order valence-electron chi connectivity index (χ3n) is 10.3. The van der Waals surface area contributed by atoms with E-state index in [1.54, 1.807) is 0 Å². The molecule has 5 fully saturated rings. The van der Waals surface area contributed by atoms with Gasteiger partial charge in [0.25, 0.3) is 0 Å². The van der Waals surface area contributed by atoms with E-state index in [0.29, 0.717) is 23.5 Å². The molecule has 5 aliphatic rings. The third-order valence-corrected chi connectivity index (χ3v) is 13.9. The van der Waals surface area contributed by atoms with Crippen LogP contribution < -0.4 is 0 Å². The summed E-state index contributed by atoms with van der Waals surface area (Å²) in [6.07, 6.45) is -33.2. The number of aliphatic hydroxyl groups is 16. The molecular formula is C30H52O23S3. The summed E-state index contributed by atoms with van der Waals surface area (Å²) in [7, 11) is 0. The van der Waals surface area contributed by atoms with Crippen LogP contribution in [-0.4, -0.2) is 264 Å². The van der Waals surface area contributed by atoms with Gasteiger partial charge >= 0.3 is 0 Å². The van der Waals surface area contributed by atoms with Crippen molar-refractivity contribution in [2.75, 3.05) is 33.0 Å². The first-order valence-corrected chi connectivity index (χ1v) is 20.0. The number of aliphatic hydroxyl groups excluding tert-OH is 16. The maximum Gasteiger partial charge on any atom is 0.187 e. The Morgan fingerprint density at radius 2 is 0.750 bits per heavy atom. The van der Waals surface area contributed by atoms with Gasteiger partial charge in [0, 0.05) is 0 Å². The van der Waals surface area contributed by atoms with E-state index in [1.165, 1.54) is 0 Å². The molecule has 0 aromatic heterocycles.